The third-order valence-electron chi connectivity index (χ3n) is 7.53. The van der Waals surface area contributed by atoms with Crippen LogP contribution in [0, 0.1) is 0 Å². The van der Waals surface area contributed by atoms with E-state index in [2.05, 4.69) is 60.0 Å². The molecule has 32 heavy (non-hydrogen) atoms. The molecule has 0 aliphatic heterocycles. The molecule has 0 rings (SSSR count). The van der Waals surface area contributed by atoms with E-state index in [4.69, 9.17) is 9.47 Å². The first-order chi connectivity index (χ1) is 14.9. The van der Waals surface area contributed by atoms with Gasteiger partial charge in [-0.05, 0) is 0 Å². The van der Waals surface area contributed by atoms with Crippen molar-refractivity contribution in [2.24, 2.45) is 0 Å². The molecule has 0 spiro atoms. The maximum absolute atomic E-state index is 12.7. The van der Waals surface area contributed by atoms with Gasteiger partial charge < -0.3 is 0 Å². The molecule has 0 aromatic carbocycles. The van der Waals surface area contributed by atoms with E-state index in [1.165, 1.54) is 50.4 Å². The Hall–Kier alpha value is -0.504. The van der Waals surface area contributed by atoms with Crippen LogP contribution in [0.2, 0.25) is 31.4 Å². The van der Waals surface area contributed by atoms with Gasteiger partial charge in [-0.25, -0.2) is 0 Å². The fraction of sp³-hybridized carbons (Fsp3) is 0.840. The van der Waals surface area contributed by atoms with Gasteiger partial charge in [0.1, 0.15) is 0 Å². The van der Waals surface area contributed by atoms with Crippen molar-refractivity contribution in [1.82, 2.24) is 5.32 Å². The summed E-state index contributed by atoms with van der Waals surface area (Å²) in [6.45, 7) is 18.2. The van der Waals surface area contributed by atoms with Crippen molar-refractivity contribution in [3.05, 3.63) is 9.67 Å². The maximum atomic E-state index is 12.7. The van der Waals surface area contributed by atoms with Crippen molar-refractivity contribution < 1.29 is 19.1 Å². The first-order valence-corrected chi connectivity index (χ1v) is 23.1. The molecular formula is C25H51NO4SiSn. The number of unbranched alkanes of at least 4 members (excludes halogenated alkanes) is 3. The summed E-state index contributed by atoms with van der Waals surface area (Å²) in [5, 5.41) is 3.29. The Morgan fingerprint density at radius 1 is 0.906 bits per heavy atom. The summed E-state index contributed by atoms with van der Waals surface area (Å²) in [6.07, 6.45) is 8.40. The first-order valence-electron chi connectivity index (χ1n) is 12.5. The Morgan fingerprint density at radius 3 is 1.66 bits per heavy atom. The summed E-state index contributed by atoms with van der Waals surface area (Å²) in [4.78, 5) is 25.3. The zero-order valence-electron chi connectivity index (χ0n) is 22.7. The van der Waals surface area contributed by atoms with E-state index in [0.717, 1.165) is 19.3 Å². The van der Waals surface area contributed by atoms with Crippen LogP contribution in [0.25, 0.3) is 0 Å². The van der Waals surface area contributed by atoms with Crippen LogP contribution in [-0.4, -0.2) is 58.4 Å². The van der Waals surface area contributed by atoms with Crippen LogP contribution >= 0.6 is 0 Å². The molecule has 0 aromatic heterocycles. The van der Waals surface area contributed by atoms with Crippen LogP contribution in [0.15, 0.2) is 9.67 Å². The van der Waals surface area contributed by atoms with Gasteiger partial charge >= 0.3 is 204 Å². The van der Waals surface area contributed by atoms with E-state index in [0.29, 0.717) is 0 Å². The molecule has 5 nitrogen and oxygen atoms in total. The molecule has 0 fully saturated rings. The van der Waals surface area contributed by atoms with Crippen LogP contribution < -0.4 is 5.32 Å². The predicted octanol–water partition coefficient (Wildman–Crippen LogP) is 7.25. The quantitative estimate of drug-likeness (QED) is 0.135. The molecule has 0 heterocycles. The number of methoxy groups -OCH3 is 2. The minimum atomic E-state index is -3.06. The molecule has 0 radical (unpaired) electrons. The van der Waals surface area contributed by atoms with Crippen LogP contribution in [0.4, 0.5) is 4.79 Å². The Morgan fingerprint density at radius 2 is 1.34 bits per heavy atom. The zero-order chi connectivity index (χ0) is 25.0. The second kappa shape index (κ2) is 14.7. The molecular weight excluding hydrogens is 525 g/mol. The SMILES string of the molecule is CCC[CH2][Sn]([CH2]CCC)([CH2]CCC)/[C](=C\C(=O)OC)[C@@H](NC(=O)OC)[Si](C)(C)C(C)(C)C. The predicted molar refractivity (Wildman–Crippen MR) is 142 cm³/mol. The number of rotatable bonds is 14. The summed E-state index contributed by atoms with van der Waals surface area (Å²) in [5.74, 6) is -0.291. The standard InChI is InChI=1S/C13H24NO4Si.3C4H9.Sn/c1-13(2,3)19(6,7)10(14-12(16)18-5)8-9-11(15)17-4;3*1-3-4-2;/h9-10H,1-7H3,(H,14,16);3*1,3-4H2,2H3;/t10-;;;;/m0..../s1. The normalized spacial score (nSPS) is 14.1. The number of hydrogen-bond acceptors (Lipinski definition) is 4. The second-order valence-electron chi connectivity index (χ2n) is 10.8. The van der Waals surface area contributed by atoms with Gasteiger partial charge in [0.25, 0.3) is 0 Å². The van der Waals surface area contributed by atoms with Crippen molar-refractivity contribution >= 4 is 38.5 Å². The Kier molecular flexibility index (Phi) is 14.5. The fourth-order valence-corrected chi connectivity index (χ4v) is 28.3. The van der Waals surface area contributed by atoms with E-state index in [9.17, 15) is 9.59 Å². The average molecular weight is 576 g/mol. The van der Waals surface area contributed by atoms with Crippen molar-refractivity contribution in [1.29, 1.82) is 0 Å². The van der Waals surface area contributed by atoms with Gasteiger partial charge in [0.15, 0.2) is 0 Å². The number of carbonyl (C=O) groups excluding carboxylic acids is 2. The number of amides is 1. The van der Waals surface area contributed by atoms with Crippen LogP contribution in [0.3, 0.4) is 0 Å². The number of hydrogen-bond donors (Lipinski definition) is 1. The molecule has 7 heteroatoms. The van der Waals surface area contributed by atoms with Gasteiger partial charge in [0.2, 0.25) is 0 Å². The molecule has 1 amide bonds. The number of esters is 1. The van der Waals surface area contributed by atoms with Crippen LogP contribution in [0.1, 0.15) is 80.1 Å². The molecule has 0 saturated heterocycles. The van der Waals surface area contributed by atoms with E-state index < -0.39 is 32.5 Å². The van der Waals surface area contributed by atoms with E-state index >= 15 is 0 Å². The van der Waals surface area contributed by atoms with Gasteiger partial charge in [-0.3, -0.25) is 0 Å². The van der Waals surface area contributed by atoms with Gasteiger partial charge in [-0.2, -0.15) is 0 Å². The first kappa shape index (κ1) is 31.5. The molecule has 1 N–H and O–H groups in total. The molecule has 1 atom stereocenters. The summed E-state index contributed by atoms with van der Waals surface area (Å²) >= 11 is -3.06. The summed E-state index contributed by atoms with van der Waals surface area (Å²) in [7, 11) is 0.752. The molecule has 0 unspecified atom stereocenters. The molecule has 0 saturated carbocycles. The van der Waals surface area contributed by atoms with Crippen molar-refractivity contribution in [2.45, 2.75) is 117 Å². The number of nitrogens with one attached hydrogen (secondary N) is 1. The number of carbonyl (C=O) groups is 2. The molecule has 0 aromatic rings. The number of alkyl carbamates (subject to hydrolysis) is 1. The molecule has 0 aliphatic carbocycles. The minimum absolute atomic E-state index is 0.0335. The number of ether oxygens (including phenoxy) is 2. The van der Waals surface area contributed by atoms with Crippen molar-refractivity contribution in [3.8, 4) is 0 Å². The van der Waals surface area contributed by atoms with Crippen molar-refractivity contribution in [2.75, 3.05) is 14.2 Å². The monoisotopic (exact) mass is 577 g/mol. The van der Waals surface area contributed by atoms with Crippen LogP contribution in [-0.2, 0) is 14.3 Å². The molecule has 0 aliphatic rings. The van der Waals surface area contributed by atoms with E-state index in [1.807, 2.05) is 0 Å². The Bertz CT molecular complexity index is 592. The summed E-state index contributed by atoms with van der Waals surface area (Å²) in [5.41, 5.74) is -0.129. The van der Waals surface area contributed by atoms with E-state index in [-0.39, 0.29) is 16.7 Å². The average Bonchev–Trinajstić information content (AvgIpc) is 2.74. The van der Waals surface area contributed by atoms with Gasteiger partial charge in [-0.15, -0.1) is 0 Å². The third kappa shape index (κ3) is 9.03. The van der Waals surface area contributed by atoms with Gasteiger partial charge in [-0.1, -0.05) is 0 Å². The van der Waals surface area contributed by atoms with Gasteiger partial charge in [0, 0.05) is 0 Å². The van der Waals surface area contributed by atoms with Crippen molar-refractivity contribution in [3.63, 3.8) is 0 Å². The third-order valence-corrected chi connectivity index (χ3v) is 30.1. The summed E-state index contributed by atoms with van der Waals surface area (Å²) in [6, 6.07) is 0. The topological polar surface area (TPSA) is 64.6 Å². The van der Waals surface area contributed by atoms with E-state index in [1.54, 1.807) is 6.08 Å². The van der Waals surface area contributed by atoms with Gasteiger partial charge in [0.05, 0.1) is 0 Å². The Labute approximate surface area is 203 Å². The molecule has 188 valence electrons. The van der Waals surface area contributed by atoms with Crippen LogP contribution in [0.5, 0.6) is 0 Å². The molecule has 0 bridgehead atoms. The second-order valence-corrected chi connectivity index (χ2v) is 29.5. The summed E-state index contributed by atoms with van der Waals surface area (Å²) < 4.78 is 15.2. The Balaban J connectivity index is 7.05. The zero-order valence-corrected chi connectivity index (χ0v) is 26.5. The fourth-order valence-electron chi connectivity index (χ4n) is 4.34.